The fourth-order valence-corrected chi connectivity index (χ4v) is 4.06. The summed E-state index contributed by atoms with van der Waals surface area (Å²) in [5, 5.41) is 11.0. The molecule has 2 rings (SSSR count). The Labute approximate surface area is 121 Å². The van der Waals surface area contributed by atoms with Crippen LogP contribution in [0.2, 0.25) is 0 Å². The Balaban J connectivity index is 1.72. The summed E-state index contributed by atoms with van der Waals surface area (Å²) in [5.74, 6) is 0.733. The van der Waals surface area contributed by atoms with Gasteiger partial charge in [-0.3, -0.25) is 4.79 Å². The second-order valence-electron chi connectivity index (χ2n) is 4.92. The van der Waals surface area contributed by atoms with E-state index in [-0.39, 0.29) is 11.2 Å². The van der Waals surface area contributed by atoms with Gasteiger partial charge in [-0.2, -0.15) is 0 Å². The molecule has 106 valence electrons. The van der Waals surface area contributed by atoms with Crippen LogP contribution in [0.5, 0.6) is 0 Å². The topological polar surface area (TPSA) is 80.9 Å². The van der Waals surface area contributed by atoms with E-state index in [1.807, 2.05) is 6.92 Å². The number of nitrogens with two attached hydrogens (primary N) is 1. The third-order valence-corrected chi connectivity index (χ3v) is 5.30. The molecule has 3 N–H and O–H groups in total. The van der Waals surface area contributed by atoms with Gasteiger partial charge in [0.15, 0.2) is 4.34 Å². The van der Waals surface area contributed by atoms with Crippen LogP contribution in [-0.4, -0.2) is 27.9 Å². The normalized spacial score (nSPS) is 18.2. The number of nitrogen functional groups attached to an aromatic ring is 1. The van der Waals surface area contributed by atoms with Crippen LogP contribution in [0, 0.1) is 5.92 Å². The Kier molecular flexibility index (Phi) is 5.45. The number of hydrogen-bond donors (Lipinski definition) is 2. The lowest BCUT2D eigenvalue weighted by Crippen LogP contribution is -2.35. The smallest absolute Gasteiger partial charge is 0.233 e. The first kappa shape index (κ1) is 14.6. The Morgan fingerprint density at radius 3 is 2.84 bits per heavy atom. The van der Waals surface area contributed by atoms with Crippen molar-refractivity contribution >= 4 is 34.1 Å². The van der Waals surface area contributed by atoms with E-state index in [2.05, 4.69) is 15.5 Å². The van der Waals surface area contributed by atoms with Crippen LogP contribution in [0.1, 0.15) is 39.0 Å². The molecule has 1 aliphatic rings. The van der Waals surface area contributed by atoms with Gasteiger partial charge >= 0.3 is 0 Å². The van der Waals surface area contributed by atoms with Gasteiger partial charge in [-0.25, -0.2) is 0 Å². The van der Waals surface area contributed by atoms with E-state index >= 15 is 0 Å². The van der Waals surface area contributed by atoms with Crippen LogP contribution in [0.25, 0.3) is 0 Å². The Morgan fingerprint density at radius 2 is 2.21 bits per heavy atom. The molecular weight excluding hydrogens is 280 g/mol. The number of carbonyl (C=O) groups is 1. The number of carbonyl (C=O) groups excluding carboxylic acids is 1. The van der Waals surface area contributed by atoms with Gasteiger partial charge < -0.3 is 11.1 Å². The highest BCUT2D eigenvalue weighted by molar-refractivity contribution is 8.02. The zero-order chi connectivity index (χ0) is 13.7. The summed E-state index contributed by atoms with van der Waals surface area (Å²) in [6.07, 6.45) is 6.43. The van der Waals surface area contributed by atoms with E-state index in [1.54, 1.807) is 0 Å². The zero-order valence-corrected chi connectivity index (χ0v) is 12.7. The molecule has 1 amide bonds. The number of rotatable bonds is 5. The minimum absolute atomic E-state index is 0.0735. The molecule has 0 unspecified atom stereocenters. The molecule has 0 spiro atoms. The second-order valence-corrected chi connectivity index (χ2v) is 7.51. The highest BCUT2D eigenvalue weighted by atomic mass is 32.2. The average molecular weight is 300 g/mol. The van der Waals surface area contributed by atoms with Gasteiger partial charge in [-0.1, -0.05) is 42.4 Å². The molecule has 1 aromatic heterocycles. The van der Waals surface area contributed by atoms with Crippen molar-refractivity contribution in [1.29, 1.82) is 0 Å². The Bertz CT molecular complexity index is 418. The number of hydrogen-bond acceptors (Lipinski definition) is 6. The van der Waals surface area contributed by atoms with Crippen molar-refractivity contribution in [1.82, 2.24) is 15.5 Å². The zero-order valence-electron chi connectivity index (χ0n) is 11.1. The predicted octanol–water partition coefficient (Wildman–Crippen LogP) is 2.30. The van der Waals surface area contributed by atoms with Crippen LogP contribution in [0.4, 0.5) is 5.13 Å². The third-order valence-electron chi connectivity index (χ3n) is 3.36. The predicted molar refractivity (Wildman–Crippen MR) is 79.2 cm³/mol. The molecule has 1 saturated carbocycles. The van der Waals surface area contributed by atoms with E-state index in [4.69, 9.17) is 5.73 Å². The molecule has 1 aliphatic carbocycles. The maximum Gasteiger partial charge on any atom is 0.233 e. The van der Waals surface area contributed by atoms with Crippen molar-refractivity contribution in [2.45, 2.75) is 48.6 Å². The van der Waals surface area contributed by atoms with Crippen molar-refractivity contribution in [3.05, 3.63) is 0 Å². The molecule has 1 aromatic rings. The largest absolute Gasteiger partial charge is 0.374 e. The fraction of sp³-hybridized carbons (Fsp3) is 0.750. The first-order valence-corrected chi connectivity index (χ1v) is 8.38. The van der Waals surface area contributed by atoms with E-state index in [0.29, 0.717) is 11.0 Å². The minimum atomic E-state index is -0.157. The molecule has 0 saturated heterocycles. The highest BCUT2D eigenvalue weighted by Gasteiger charge is 2.19. The quantitative estimate of drug-likeness (QED) is 0.816. The maximum atomic E-state index is 12.0. The van der Waals surface area contributed by atoms with Crippen molar-refractivity contribution in [2.75, 3.05) is 12.3 Å². The number of thioether (sulfide) groups is 1. The lowest BCUT2D eigenvalue weighted by atomic mass is 9.89. The van der Waals surface area contributed by atoms with Gasteiger partial charge in [0.05, 0.1) is 5.25 Å². The van der Waals surface area contributed by atoms with Crippen LogP contribution in [0.3, 0.4) is 0 Å². The molecule has 1 fully saturated rings. The summed E-state index contributed by atoms with van der Waals surface area (Å²) >= 11 is 2.73. The van der Waals surface area contributed by atoms with E-state index in [9.17, 15) is 4.79 Å². The average Bonchev–Trinajstić information content (AvgIpc) is 2.82. The molecule has 0 bridgehead atoms. The van der Waals surface area contributed by atoms with Crippen LogP contribution >= 0.6 is 23.1 Å². The third kappa shape index (κ3) is 4.65. The lowest BCUT2D eigenvalue weighted by Gasteiger charge is -2.22. The first-order chi connectivity index (χ1) is 9.15. The summed E-state index contributed by atoms with van der Waals surface area (Å²) in [7, 11) is 0. The molecule has 1 heterocycles. The number of amides is 1. The van der Waals surface area contributed by atoms with Crippen LogP contribution in [0.15, 0.2) is 4.34 Å². The first-order valence-electron chi connectivity index (χ1n) is 6.68. The Hall–Kier alpha value is -0.820. The lowest BCUT2D eigenvalue weighted by molar-refractivity contribution is -0.120. The van der Waals surface area contributed by atoms with Crippen molar-refractivity contribution in [2.24, 2.45) is 5.92 Å². The van der Waals surface area contributed by atoms with Crippen molar-refractivity contribution < 1.29 is 4.79 Å². The maximum absolute atomic E-state index is 12.0. The number of nitrogens with zero attached hydrogens (tertiary/aromatic N) is 2. The molecule has 19 heavy (non-hydrogen) atoms. The van der Waals surface area contributed by atoms with E-state index in [0.717, 1.165) is 10.9 Å². The summed E-state index contributed by atoms with van der Waals surface area (Å²) in [4.78, 5) is 12.0. The van der Waals surface area contributed by atoms with Crippen LogP contribution < -0.4 is 11.1 Å². The molecular formula is C12H20N4OS2. The fourth-order valence-electron chi connectivity index (χ4n) is 2.25. The summed E-state index contributed by atoms with van der Waals surface area (Å²) in [5.41, 5.74) is 5.52. The van der Waals surface area contributed by atoms with E-state index < -0.39 is 0 Å². The molecule has 0 aromatic carbocycles. The molecule has 0 radical (unpaired) electrons. The van der Waals surface area contributed by atoms with E-state index in [1.165, 1.54) is 55.2 Å². The molecule has 5 nitrogen and oxygen atoms in total. The second kappa shape index (κ2) is 7.09. The van der Waals surface area contributed by atoms with Crippen molar-refractivity contribution in [3.8, 4) is 0 Å². The summed E-state index contributed by atoms with van der Waals surface area (Å²) < 4.78 is 0.748. The Morgan fingerprint density at radius 1 is 1.47 bits per heavy atom. The summed E-state index contributed by atoms with van der Waals surface area (Å²) in [6.45, 7) is 2.69. The highest BCUT2D eigenvalue weighted by Crippen LogP contribution is 2.27. The standard InChI is InChI=1S/C12H20N4OS2/c1-8(18-12-16-15-11(13)19-12)10(17)14-7-9-5-3-2-4-6-9/h8-9H,2-7H2,1H3,(H2,13,15)(H,14,17)/t8-/m1/s1. The van der Waals surface area contributed by atoms with Gasteiger partial charge in [0, 0.05) is 6.54 Å². The monoisotopic (exact) mass is 300 g/mol. The minimum Gasteiger partial charge on any atom is -0.374 e. The van der Waals surface area contributed by atoms with Crippen LogP contribution in [-0.2, 0) is 4.79 Å². The number of nitrogens with one attached hydrogen (secondary N) is 1. The van der Waals surface area contributed by atoms with Gasteiger partial charge in [0.25, 0.3) is 0 Å². The SMILES string of the molecule is C[C@@H](Sc1nnc(N)s1)C(=O)NCC1CCCCC1. The summed E-state index contributed by atoms with van der Waals surface area (Å²) in [6, 6.07) is 0. The van der Waals surface area contributed by atoms with Gasteiger partial charge in [-0.15, -0.1) is 10.2 Å². The van der Waals surface area contributed by atoms with Gasteiger partial charge in [0.1, 0.15) is 0 Å². The number of anilines is 1. The van der Waals surface area contributed by atoms with Crippen molar-refractivity contribution in [3.63, 3.8) is 0 Å². The molecule has 0 aliphatic heterocycles. The number of aromatic nitrogens is 2. The van der Waals surface area contributed by atoms with Gasteiger partial charge in [0.2, 0.25) is 11.0 Å². The molecule has 1 atom stereocenters. The van der Waals surface area contributed by atoms with Gasteiger partial charge in [-0.05, 0) is 25.7 Å². The molecule has 7 heteroatoms.